The predicted molar refractivity (Wildman–Crippen MR) is 77.7 cm³/mol. The van der Waals surface area contributed by atoms with E-state index in [1.807, 2.05) is 6.07 Å². The quantitative estimate of drug-likeness (QED) is 0.384. The van der Waals surface area contributed by atoms with Crippen molar-refractivity contribution >= 4 is 23.3 Å². The molecule has 4 nitrogen and oxygen atoms in total. The van der Waals surface area contributed by atoms with Gasteiger partial charge in [0.1, 0.15) is 17.7 Å². The third-order valence-electron chi connectivity index (χ3n) is 2.20. The van der Waals surface area contributed by atoms with Crippen molar-refractivity contribution < 1.29 is 9.47 Å². The third-order valence-corrected chi connectivity index (χ3v) is 2.42. The lowest BCUT2D eigenvalue weighted by atomic mass is 10.1. The van der Waals surface area contributed by atoms with Crippen LogP contribution in [0, 0.1) is 23.7 Å². The van der Waals surface area contributed by atoms with E-state index in [1.54, 1.807) is 24.3 Å². The Morgan fingerprint density at radius 1 is 1.53 bits per heavy atom. The van der Waals surface area contributed by atoms with Crippen molar-refractivity contribution in [2.45, 2.75) is 0 Å². The fourth-order valence-electron chi connectivity index (χ4n) is 1.34. The Bertz CT molecular complexity index is 594. The van der Waals surface area contributed by atoms with Crippen molar-refractivity contribution in [3.05, 3.63) is 29.3 Å². The molecule has 1 aromatic carbocycles. The number of nitrogens with two attached hydrogens (primary N) is 1. The zero-order valence-electron chi connectivity index (χ0n) is 10.3. The van der Waals surface area contributed by atoms with Crippen molar-refractivity contribution in [1.29, 1.82) is 5.26 Å². The van der Waals surface area contributed by atoms with Crippen LogP contribution in [-0.4, -0.2) is 18.7 Å². The first-order valence-electron chi connectivity index (χ1n) is 5.28. The summed E-state index contributed by atoms with van der Waals surface area (Å²) in [7, 11) is 1.52. The molecule has 0 atom stereocenters. The fraction of sp³-hybridized carbons (Fsp3) is 0.143. The summed E-state index contributed by atoms with van der Waals surface area (Å²) >= 11 is 4.77. The summed E-state index contributed by atoms with van der Waals surface area (Å²) in [6.07, 6.45) is 6.70. The predicted octanol–water partition coefficient (Wildman–Crippen LogP) is 1.90. The molecule has 0 bridgehead atoms. The van der Waals surface area contributed by atoms with Crippen LogP contribution in [0.3, 0.4) is 0 Å². The molecule has 0 saturated heterocycles. The first-order valence-corrected chi connectivity index (χ1v) is 5.69. The molecule has 0 unspecified atom stereocenters. The van der Waals surface area contributed by atoms with E-state index < -0.39 is 0 Å². The molecule has 1 aromatic rings. The Morgan fingerprint density at radius 3 is 2.79 bits per heavy atom. The van der Waals surface area contributed by atoms with Gasteiger partial charge in [0.15, 0.2) is 11.5 Å². The molecule has 0 radical (unpaired) electrons. The Hall–Kier alpha value is -2.50. The van der Waals surface area contributed by atoms with Gasteiger partial charge in [0.25, 0.3) is 0 Å². The zero-order chi connectivity index (χ0) is 14.3. The summed E-state index contributed by atoms with van der Waals surface area (Å²) in [5.74, 6) is 3.42. The Labute approximate surface area is 117 Å². The number of ether oxygens (including phenoxy) is 2. The molecule has 0 aliphatic rings. The Morgan fingerprint density at radius 2 is 2.26 bits per heavy atom. The van der Waals surface area contributed by atoms with E-state index in [1.165, 1.54) is 7.11 Å². The maximum Gasteiger partial charge on any atom is 0.162 e. The summed E-state index contributed by atoms with van der Waals surface area (Å²) in [6.45, 7) is 0.155. The molecule has 0 amide bonds. The molecule has 0 aromatic heterocycles. The number of thiocarbonyl (C=S) groups is 1. The maximum absolute atomic E-state index is 8.89. The second kappa shape index (κ2) is 7.05. The minimum atomic E-state index is 0.0501. The summed E-state index contributed by atoms with van der Waals surface area (Å²) < 4.78 is 10.5. The molecule has 0 heterocycles. The highest BCUT2D eigenvalue weighted by atomic mass is 32.1. The molecule has 96 valence electrons. The smallest absolute Gasteiger partial charge is 0.162 e. The largest absolute Gasteiger partial charge is 0.493 e. The van der Waals surface area contributed by atoms with Crippen LogP contribution < -0.4 is 15.2 Å². The van der Waals surface area contributed by atoms with Gasteiger partial charge in [0, 0.05) is 0 Å². The van der Waals surface area contributed by atoms with Gasteiger partial charge in [-0.15, -0.1) is 6.42 Å². The molecule has 0 saturated carbocycles. The fourth-order valence-corrected chi connectivity index (χ4v) is 1.44. The van der Waals surface area contributed by atoms with Crippen LogP contribution in [0.5, 0.6) is 11.5 Å². The molecule has 0 aliphatic carbocycles. The number of nitriles is 1. The van der Waals surface area contributed by atoms with Crippen molar-refractivity contribution in [2.24, 2.45) is 5.73 Å². The van der Waals surface area contributed by atoms with Crippen LogP contribution in [0.2, 0.25) is 0 Å². The number of terminal acetylenes is 1. The second-order valence-electron chi connectivity index (χ2n) is 3.44. The number of nitrogens with zero attached hydrogens (tertiary/aromatic N) is 1. The van der Waals surface area contributed by atoms with Gasteiger partial charge < -0.3 is 15.2 Å². The van der Waals surface area contributed by atoms with Crippen LogP contribution in [-0.2, 0) is 0 Å². The molecule has 19 heavy (non-hydrogen) atoms. The monoisotopic (exact) mass is 272 g/mol. The van der Waals surface area contributed by atoms with Gasteiger partial charge in [0.2, 0.25) is 0 Å². The topological polar surface area (TPSA) is 68.3 Å². The van der Waals surface area contributed by atoms with E-state index in [9.17, 15) is 0 Å². The van der Waals surface area contributed by atoms with Crippen LogP contribution in [0.25, 0.3) is 6.08 Å². The van der Waals surface area contributed by atoms with E-state index in [0.717, 1.165) is 5.56 Å². The van der Waals surface area contributed by atoms with E-state index in [4.69, 9.17) is 39.1 Å². The summed E-state index contributed by atoms with van der Waals surface area (Å²) in [6, 6.07) is 7.10. The Kier molecular flexibility index (Phi) is 5.40. The third kappa shape index (κ3) is 4.02. The van der Waals surface area contributed by atoms with Gasteiger partial charge in [-0.2, -0.15) is 5.26 Å². The lowest BCUT2D eigenvalue weighted by Gasteiger charge is -2.09. The van der Waals surface area contributed by atoms with Crippen molar-refractivity contribution in [3.63, 3.8) is 0 Å². The number of methoxy groups -OCH3 is 1. The van der Waals surface area contributed by atoms with Crippen LogP contribution in [0.15, 0.2) is 23.8 Å². The second-order valence-corrected chi connectivity index (χ2v) is 3.88. The molecule has 2 N–H and O–H groups in total. The van der Waals surface area contributed by atoms with Gasteiger partial charge in [-0.1, -0.05) is 24.2 Å². The highest BCUT2D eigenvalue weighted by Gasteiger charge is 2.06. The number of benzene rings is 1. The number of hydrogen-bond donors (Lipinski definition) is 1. The Balaban J connectivity index is 3.11. The highest BCUT2D eigenvalue weighted by molar-refractivity contribution is 7.80. The summed E-state index contributed by atoms with van der Waals surface area (Å²) in [5.41, 5.74) is 6.39. The lowest BCUT2D eigenvalue weighted by Crippen LogP contribution is -2.09. The van der Waals surface area contributed by atoms with E-state index >= 15 is 0 Å². The molecular weight excluding hydrogens is 260 g/mol. The van der Waals surface area contributed by atoms with Crippen LogP contribution >= 0.6 is 12.2 Å². The number of rotatable bonds is 5. The molecule has 0 aliphatic heterocycles. The van der Waals surface area contributed by atoms with E-state index in [2.05, 4.69) is 5.92 Å². The van der Waals surface area contributed by atoms with E-state index in [0.29, 0.717) is 11.5 Å². The van der Waals surface area contributed by atoms with Gasteiger partial charge in [-0.05, 0) is 23.8 Å². The van der Waals surface area contributed by atoms with Gasteiger partial charge in [0.05, 0.1) is 12.7 Å². The van der Waals surface area contributed by atoms with Crippen LogP contribution in [0.1, 0.15) is 5.56 Å². The zero-order valence-corrected chi connectivity index (χ0v) is 11.2. The SMILES string of the molecule is C#CCOc1ccc(/C=C(/C#N)C(N)=S)cc1OC. The van der Waals surface area contributed by atoms with Gasteiger partial charge in [-0.25, -0.2) is 0 Å². The van der Waals surface area contributed by atoms with Gasteiger partial charge in [-0.3, -0.25) is 0 Å². The average Bonchev–Trinajstić information content (AvgIpc) is 2.42. The average molecular weight is 272 g/mol. The number of hydrogen-bond acceptors (Lipinski definition) is 4. The van der Waals surface area contributed by atoms with Gasteiger partial charge >= 0.3 is 0 Å². The molecule has 0 spiro atoms. The minimum absolute atomic E-state index is 0.0501. The highest BCUT2D eigenvalue weighted by Crippen LogP contribution is 2.28. The minimum Gasteiger partial charge on any atom is -0.493 e. The molecule has 0 fully saturated rings. The lowest BCUT2D eigenvalue weighted by molar-refractivity contribution is 0.331. The van der Waals surface area contributed by atoms with E-state index in [-0.39, 0.29) is 17.2 Å². The first-order chi connectivity index (χ1) is 9.12. The van der Waals surface area contributed by atoms with Crippen molar-refractivity contribution in [2.75, 3.05) is 13.7 Å². The van der Waals surface area contributed by atoms with Crippen LogP contribution in [0.4, 0.5) is 0 Å². The molecule has 5 heteroatoms. The summed E-state index contributed by atoms with van der Waals surface area (Å²) in [4.78, 5) is 0.0501. The van der Waals surface area contributed by atoms with Crippen molar-refractivity contribution in [1.82, 2.24) is 0 Å². The van der Waals surface area contributed by atoms with Crippen molar-refractivity contribution in [3.8, 4) is 29.9 Å². The molecular formula is C14H12N2O2S. The standard InChI is InChI=1S/C14H12N2O2S/c1-3-6-18-12-5-4-10(8-13(12)17-2)7-11(9-15)14(16)19/h1,4-5,7-8H,6H2,2H3,(H2,16,19)/b11-7-. The maximum atomic E-state index is 8.89. The normalized spacial score (nSPS) is 10.2. The summed E-state index contributed by atoms with van der Waals surface area (Å²) in [5, 5.41) is 8.89. The first kappa shape index (κ1) is 14.6. The molecule has 1 rings (SSSR count).